The van der Waals surface area contributed by atoms with Crippen molar-refractivity contribution >= 4 is 41.8 Å². The van der Waals surface area contributed by atoms with Gasteiger partial charge in [-0.15, -0.1) is 0 Å². The lowest BCUT2D eigenvalue weighted by molar-refractivity contribution is 0.0985. The number of thiol groups is 1. The van der Waals surface area contributed by atoms with Gasteiger partial charge >= 0.3 is 6.03 Å². The molecule has 3 aromatic rings. The van der Waals surface area contributed by atoms with E-state index in [-0.39, 0.29) is 17.3 Å². The SMILES string of the molecule is CNC(=O)Nc1ccc(-c2nc(C(S)c3ccccc3Cl)cc(N3CCOC[C@@H]3C)n2)cc1. The van der Waals surface area contributed by atoms with Gasteiger partial charge < -0.3 is 20.3 Å². The number of hydrogen-bond donors (Lipinski definition) is 3. The van der Waals surface area contributed by atoms with Crippen LogP contribution < -0.4 is 15.5 Å². The van der Waals surface area contributed by atoms with E-state index >= 15 is 0 Å². The highest BCUT2D eigenvalue weighted by molar-refractivity contribution is 7.80. The fourth-order valence-corrected chi connectivity index (χ4v) is 4.37. The predicted octanol–water partition coefficient (Wildman–Crippen LogP) is 4.79. The van der Waals surface area contributed by atoms with Crippen LogP contribution in [0, 0.1) is 0 Å². The summed E-state index contributed by atoms with van der Waals surface area (Å²) < 4.78 is 5.61. The molecule has 9 heteroatoms. The van der Waals surface area contributed by atoms with Crippen LogP contribution in [0.3, 0.4) is 0 Å². The number of anilines is 2. The summed E-state index contributed by atoms with van der Waals surface area (Å²) in [6, 6.07) is 17.0. The Labute approximate surface area is 203 Å². The normalized spacial score (nSPS) is 16.8. The number of aromatic nitrogens is 2. The predicted molar refractivity (Wildman–Crippen MR) is 135 cm³/mol. The minimum absolute atomic E-state index is 0.187. The Balaban J connectivity index is 1.74. The number of amides is 2. The smallest absolute Gasteiger partial charge is 0.318 e. The molecule has 0 saturated carbocycles. The van der Waals surface area contributed by atoms with Crippen molar-refractivity contribution in [2.45, 2.75) is 18.2 Å². The molecule has 7 nitrogen and oxygen atoms in total. The second-order valence-corrected chi connectivity index (χ2v) is 8.72. The van der Waals surface area contributed by atoms with E-state index in [1.807, 2.05) is 54.6 Å². The number of nitrogens with one attached hydrogen (secondary N) is 2. The van der Waals surface area contributed by atoms with E-state index in [1.165, 1.54) is 0 Å². The first-order chi connectivity index (χ1) is 16.0. The molecule has 0 radical (unpaired) electrons. The second-order valence-electron chi connectivity index (χ2n) is 7.80. The molecule has 2 amide bonds. The molecule has 172 valence electrons. The lowest BCUT2D eigenvalue weighted by Crippen LogP contribution is -2.44. The Kier molecular flexibility index (Phi) is 7.37. The number of carbonyl (C=O) groups is 1. The Hall–Kier alpha value is -2.81. The summed E-state index contributed by atoms with van der Waals surface area (Å²) >= 11 is 11.3. The highest BCUT2D eigenvalue weighted by Gasteiger charge is 2.24. The van der Waals surface area contributed by atoms with Crippen molar-refractivity contribution in [1.29, 1.82) is 0 Å². The molecule has 2 heterocycles. The standard InChI is InChI=1S/C24H26ClN5O2S/c1-15-14-32-12-11-30(15)21-13-20(22(33)18-5-3-4-6-19(18)25)28-23(29-21)16-7-9-17(10-8-16)27-24(31)26-2/h3-10,13,15,22,33H,11-12,14H2,1-2H3,(H2,26,27,31)/t15-,22?/m0/s1. The van der Waals surface area contributed by atoms with Crippen molar-refractivity contribution in [2.24, 2.45) is 0 Å². The monoisotopic (exact) mass is 483 g/mol. The average Bonchev–Trinajstić information content (AvgIpc) is 2.84. The van der Waals surface area contributed by atoms with E-state index < -0.39 is 0 Å². The molecule has 2 atom stereocenters. The van der Waals surface area contributed by atoms with E-state index in [1.54, 1.807) is 7.05 Å². The molecule has 1 unspecified atom stereocenters. The summed E-state index contributed by atoms with van der Waals surface area (Å²) in [6.07, 6.45) is 0. The van der Waals surface area contributed by atoms with Crippen LogP contribution in [0.5, 0.6) is 0 Å². The molecule has 0 aliphatic carbocycles. The zero-order chi connectivity index (χ0) is 23.4. The number of ether oxygens (including phenoxy) is 1. The Bertz CT molecular complexity index is 1130. The van der Waals surface area contributed by atoms with Crippen LogP contribution in [-0.4, -0.2) is 48.8 Å². The average molecular weight is 484 g/mol. The Morgan fingerprint density at radius 3 is 2.67 bits per heavy atom. The summed E-state index contributed by atoms with van der Waals surface area (Å²) in [7, 11) is 1.57. The van der Waals surface area contributed by atoms with Crippen LogP contribution >= 0.6 is 24.2 Å². The van der Waals surface area contributed by atoms with Crippen molar-refractivity contribution < 1.29 is 9.53 Å². The van der Waals surface area contributed by atoms with Gasteiger partial charge in [0.15, 0.2) is 5.82 Å². The Morgan fingerprint density at radius 2 is 1.97 bits per heavy atom. The summed E-state index contributed by atoms with van der Waals surface area (Å²) in [5.74, 6) is 1.41. The Morgan fingerprint density at radius 1 is 1.21 bits per heavy atom. The second kappa shape index (κ2) is 10.4. The quantitative estimate of drug-likeness (QED) is 0.454. The van der Waals surface area contributed by atoms with E-state index in [4.69, 9.17) is 38.9 Å². The fourth-order valence-electron chi connectivity index (χ4n) is 3.69. The largest absolute Gasteiger partial charge is 0.377 e. The minimum Gasteiger partial charge on any atom is -0.377 e. The first-order valence-corrected chi connectivity index (χ1v) is 11.6. The third kappa shape index (κ3) is 5.40. The molecule has 1 fully saturated rings. The van der Waals surface area contributed by atoms with E-state index in [0.717, 1.165) is 29.2 Å². The van der Waals surface area contributed by atoms with Crippen LogP contribution in [0.2, 0.25) is 5.02 Å². The van der Waals surface area contributed by atoms with Crippen LogP contribution in [0.4, 0.5) is 16.3 Å². The van der Waals surface area contributed by atoms with Gasteiger partial charge in [0.25, 0.3) is 0 Å². The van der Waals surface area contributed by atoms with Gasteiger partial charge in [0.1, 0.15) is 5.82 Å². The summed E-state index contributed by atoms with van der Waals surface area (Å²) in [6.45, 7) is 4.15. The summed E-state index contributed by atoms with van der Waals surface area (Å²) in [4.78, 5) is 23.5. The van der Waals surface area contributed by atoms with Gasteiger partial charge in [-0.1, -0.05) is 29.8 Å². The topological polar surface area (TPSA) is 79.4 Å². The molecule has 0 bridgehead atoms. The van der Waals surface area contributed by atoms with Crippen molar-refractivity contribution in [1.82, 2.24) is 15.3 Å². The summed E-state index contributed by atoms with van der Waals surface area (Å²) in [5, 5.41) is 5.62. The minimum atomic E-state index is -0.315. The van der Waals surface area contributed by atoms with Gasteiger partial charge in [-0.3, -0.25) is 0 Å². The van der Waals surface area contributed by atoms with Crippen molar-refractivity contribution in [3.05, 3.63) is 70.9 Å². The van der Waals surface area contributed by atoms with Gasteiger partial charge in [0.2, 0.25) is 0 Å². The molecular formula is C24H26ClN5O2S. The van der Waals surface area contributed by atoms with Crippen LogP contribution in [0.1, 0.15) is 23.4 Å². The van der Waals surface area contributed by atoms with Crippen LogP contribution in [0.25, 0.3) is 11.4 Å². The molecule has 4 rings (SSSR count). The van der Waals surface area contributed by atoms with Gasteiger partial charge in [0, 0.05) is 35.9 Å². The van der Waals surface area contributed by atoms with Crippen molar-refractivity contribution in [2.75, 3.05) is 37.0 Å². The molecule has 2 aromatic carbocycles. The lowest BCUT2D eigenvalue weighted by atomic mass is 10.1. The maximum absolute atomic E-state index is 11.6. The zero-order valence-electron chi connectivity index (χ0n) is 18.5. The molecule has 33 heavy (non-hydrogen) atoms. The molecule has 1 aliphatic heterocycles. The molecular weight excluding hydrogens is 458 g/mol. The number of nitrogens with zero attached hydrogens (tertiary/aromatic N) is 3. The molecule has 2 N–H and O–H groups in total. The first-order valence-electron chi connectivity index (χ1n) is 10.7. The van der Waals surface area contributed by atoms with E-state index in [2.05, 4.69) is 22.5 Å². The maximum atomic E-state index is 11.6. The first kappa shape index (κ1) is 23.4. The van der Waals surface area contributed by atoms with Gasteiger partial charge in [-0.25, -0.2) is 14.8 Å². The third-order valence-electron chi connectivity index (χ3n) is 5.50. The number of halogens is 1. The fraction of sp³-hybridized carbons (Fsp3) is 0.292. The van der Waals surface area contributed by atoms with E-state index in [0.29, 0.717) is 29.7 Å². The molecule has 1 aliphatic rings. The van der Waals surface area contributed by atoms with Crippen molar-refractivity contribution in [3.8, 4) is 11.4 Å². The molecule has 0 spiro atoms. The van der Waals surface area contributed by atoms with Gasteiger partial charge in [-0.2, -0.15) is 12.6 Å². The highest BCUT2D eigenvalue weighted by atomic mass is 35.5. The third-order valence-corrected chi connectivity index (χ3v) is 6.39. The van der Waals surface area contributed by atoms with Crippen LogP contribution in [-0.2, 0) is 4.74 Å². The molecule has 1 saturated heterocycles. The number of hydrogen-bond acceptors (Lipinski definition) is 6. The zero-order valence-corrected chi connectivity index (χ0v) is 20.1. The molecule has 1 aromatic heterocycles. The van der Waals surface area contributed by atoms with Gasteiger partial charge in [-0.05, 0) is 42.8 Å². The number of rotatable bonds is 5. The highest BCUT2D eigenvalue weighted by Crippen LogP contribution is 2.35. The van der Waals surface area contributed by atoms with Crippen molar-refractivity contribution in [3.63, 3.8) is 0 Å². The maximum Gasteiger partial charge on any atom is 0.318 e. The lowest BCUT2D eigenvalue weighted by Gasteiger charge is -2.34. The number of morpholine rings is 1. The number of urea groups is 1. The number of benzene rings is 2. The number of carbonyl (C=O) groups excluding carboxylic acids is 1. The van der Waals surface area contributed by atoms with Gasteiger partial charge in [0.05, 0.1) is 30.2 Å². The summed E-state index contributed by atoms with van der Waals surface area (Å²) in [5.41, 5.74) is 3.16. The van der Waals surface area contributed by atoms with Crippen LogP contribution in [0.15, 0.2) is 54.6 Å². The van der Waals surface area contributed by atoms with E-state index in [9.17, 15) is 4.79 Å².